The minimum Gasteiger partial charge on any atom is -0.475 e. The number of halogens is 6. The third kappa shape index (κ3) is 6.89. The molecule has 1 aliphatic rings. The van der Waals surface area contributed by atoms with Gasteiger partial charge in [-0.05, 0) is 37.3 Å². The van der Waals surface area contributed by atoms with E-state index in [1.807, 2.05) is 16.4 Å². The van der Waals surface area contributed by atoms with Crippen LogP contribution in [0.4, 0.5) is 38.1 Å². The van der Waals surface area contributed by atoms with E-state index in [1.165, 1.54) is 16.0 Å². The molecule has 5 rings (SSSR count). The Bertz CT molecular complexity index is 1550. The molecule has 0 spiro atoms. The van der Waals surface area contributed by atoms with Gasteiger partial charge in [0.1, 0.15) is 6.10 Å². The molecule has 0 amide bonds. The number of aromatic amines is 1. The molecule has 4 aromatic rings. The van der Waals surface area contributed by atoms with E-state index in [0.29, 0.717) is 42.6 Å². The normalized spacial score (nSPS) is 15.9. The fourth-order valence-corrected chi connectivity index (χ4v) is 4.81. The second-order valence-electron chi connectivity index (χ2n) is 9.02. The molecule has 1 atom stereocenters. The summed E-state index contributed by atoms with van der Waals surface area (Å²) < 4.78 is 78.2. The van der Waals surface area contributed by atoms with Gasteiger partial charge in [-0.2, -0.15) is 36.3 Å². The average molecular weight is 622 g/mol. The first kappa shape index (κ1) is 30.9. The maximum Gasteiger partial charge on any atom is 0.490 e. The summed E-state index contributed by atoms with van der Waals surface area (Å²) in [5.74, 6) is -2.91. The van der Waals surface area contributed by atoms with Crippen LogP contribution in [0.25, 0.3) is 11.2 Å². The summed E-state index contributed by atoms with van der Waals surface area (Å²) >= 11 is 1.70. The SMILES string of the molecule is CCn1cnc2c(N3CCOC(c4nc(C(F)(F)F)n[nH]4)C3)nc(NCc3csc(C)c3C)nc21.O=C(O)C(F)(F)F. The number of aryl methyl sites for hydroxylation is 2. The largest absolute Gasteiger partial charge is 0.490 e. The number of nitrogens with zero attached hydrogens (tertiary/aromatic N) is 7. The number of aliphatic carboxylic acids is 1. The van der Waals surface area contributed by atoms with Crippen LogP contribution in [-0.2, 0) is 28.8 Å². The summed E-state index contributed by atoms with van der Waals surface area (Å²) in [6.07, 6.45) is -8.73. The van der Waals surface area contributed by atoms with Crippen LogP contribution in [0.2, 0.25) is 0 Å². The van der Waals surface area contributed by atoms with E-state index in [2.05, 4.69) is 44.7 Å². The number of H-pyrrole nitrogens is 1. The molecule has 1 unspecified atom stereocenters. The highest BCUT2D eigenvalue weighted by atomic mass is 32.1. The summed E-state index contributed by atoms with van der Waals surface area (Å²) in [6, 6.07) is 0. The number of rotatable bonds is 6. The van der Waals surface area contributed by atoms with Crippen molar-refractivity contribution in [1.29, 1.82) is 0 Å². The summed E-state index contributed by atoms with van der Waals surface area (Å²) in [6.45, 7) is 8.44. The molecule has 0 radical (unpaired) electrons. The number of hydrogen-bond donors (Lipinski definition) is 3. The average Bonchev–Trinajstić information content (AvgIpc) is 3.66. The minimum absolute atomic E-state index is 0.0214. The Kier molecular flexibility index (Phi) is 8.90. The number of imidazole rings is 1. The molecular formula is C23H25F6N9O3S. The first-order chi connectivity index (χ1) is 19.7. The predicted octanol–water partition coefficient (Wildman–Crippen LogP) is 4.48. The quantitative estimate of drug-likeness (QED) is 0.263. The van der Waals surface area contributed by atoms with Crippen LogP contribution in [0, 0.1) is 13.8 Å². The van der Waals surface area contributed by atoms with Gasteiger partial charge in [-0.1, -0.05) is 0 Å². The van der Waals surface area contributed by atoms with E-state index in [-0.39, 0.29) is 19.0 Å². The van der Waals surface area contributed by atoms with Gasteiger partial charge in [0.05, 0.1) is 19.5 Å². The molecule has 1 aliphatic heterocycles. The van der Waals surface area contributed by atoms with Crippen molar-refractivity contribution < 1.29 is 41.0 Å². The fourth-order valence-electron chi connectivity index (χ4n) is 3.92. The van der Waals surface area contributed by atoms with Crippen LogP contribution in [0.1, 0.15) is 40.7 Å². The molecule has 228 valence electrons. The molecule has 12 nitrogen and oxygen atoms in total. The third-order valence-corrected chi connectivity index (χ3v) is 7.34. The number of anilines is 2. The lowest BCUT2D eigenvalue weighted by Crippen LogP contribution is -2.39. The lowest BCUT2D eigenvalue weighted by Gasteiger charge is -2.32. The zero-order valence-corrected chi connectivity index (χ0v) is 23.2. The zero-order chi connectivity index (χ0) is 30.8. The van der Waals surface area contributed by atoms with E-state index in [1.54, 1.807) is 17.7 Å². The lowest BCUT2D eigenvalue weighted by atomic mass is 10.2. The van der Waals surface area contributed by atoms with E-state index >= 15 is 0 Å². The molecular weight excluding hydrogens is 596 g/mol. The Balaban J connectivity index is 0.000000517. The Morgan fingerprint density at radius 2 is 1.93 bits per heavy atom. The van der Waals surface area contributed by atoms with Gasteiger partial charge in [0, 0.05) is 24.5 Å². The Labute approximate surface area is 237 Å². The summed E-state index contributed by atoms with van der Waals surface area (Å²) in [4.78, 5) is 29.7. The van der Waals surface area contributed by atoms with E-state index in [9.17, 15) is 26.3 Å². The van der Waals surface area contributed by atoms with Crippen LogP contribution >= 0.6 is 11.3 Å². The zero-order valence-electron chi connectivity index (χ0n) is 22.3. The van der Waals surface area contributed by atoms with Gasteiger partial charge in [-0.3, -0.25) is 5.10 Å². The van der Waals surface area contributed by atoms with Crippen LogP contribution in [0.15, 0.2) is 11.7 Å². The topological polar surface area (TPSA) is 147 Å². The smallest absolute Gasteiger partial charge is 0.475 e. The summed E-state index contributed by atoms with van der Waals surface area (Å²) in [7, 11) is 0. The number of ether oxygens (including phenoxy) is 1. The number of carbonyl (C=O) groups is 1. The van der Waals surface area contributed by atoms with Crippen LogP contribution in [0.5, 0.6) is 0 Å². The highest BCUT2D eigenvalue weighted by molar-refractivity contribution is 7.10. The molecule has 42 heavy (non-hydrogen) atoms. The summed E-state index contributed by atoms with van der Waals surface area (Å²) in [5, 5.41) is 18.2. The van der Waals surface area contributed by atoms with Gasteiger partial charge >= 0.3 is 18.3 Å². The Hall–Kier alpha value is -4.00. The first-order valence-corrected chi connectivity index (χ1v) is 13.2. The van der Waals surface area contributed by atoms with E-state index in [4.69, 9.17) is 24.6 Å². The van der Waals surface area contributed by atoms with Crippen molar-refractivity contribution in [1.82, 2.24) is 34.7 Å². The Morgan fingerprint density at radius 1 is 1.21 bits per heavy atom. The highest BCUT2D eigenvalue weighted by Gasteiger charge is 2.39. The molecule has 3 N–H and O–H groups in total. The van der Waals surface area contributed by atoms with Crippen LogP contribution < -0.4 is 10.2 Å². The molecule has 0 aromatic carbocycles. The van der Waals surface area contributed by atoms with Crippen LogP contribution in [-0.4, -0.2) is 71.6 Å². The van der Waals surface area contributed by atoms with Gasteiger partial charge in [-0.25, -0.2) is 14.8 Å². The minimum atomic E-state index is -5.08. The molecule has 5 heterocycles. The number of carboxylic acid groups (broad SMARTS) is 1. The number of alkyl halides is 6. The number of thiophene rings is 1. The van der Waals surface area contributed by atoms with Gasteiger partial charge in [0.2, 0.25) is 5.95 Å². The monoisotopic (exact) mass is 621 g/mol. The maximum atomic E-state index is 13.0. The molecule has 4 aromatic heterocycles. The van der Waals surface area contributed by atoms with Gasteiger partial charge in [0.25, 0.3) is 5.82 Å². The molecule has 0 saturated carbocycles. The number of morpholine rings is 1. The Morgan fingerprint density at radius 3 is 2.50 bits per heavy atom. The molecule has 19 heteroatoms. The lowest BCUT2D eigenvalue weighted by molar-refractivity contribution is -0.192. The number of carboxylic acids is 1. The first-order valence-electron chi connectivity index (χ1n) is 12.4. The number of nitrogens with one attached hydrogen (secondary N) is 2. The molecule has 0 bridgehead atoms. The van der Waals surface area contributed by atoms with Crippen molar-refractivity contribution in [2.24, 2.45) is 0 Å². The van der Waals surface area contributed by atoms with Crippen molar-refractivity contribution in [3.63, 3.8) is 0 Å². The maximum absolute atomic E-state index is 13.0. The van der Waals surface area contributed by atoms with Gasteiger partial charge in [-0.15, -0.1) is 16.4 Å². The number of aromatic nitrogens is 7. The number of fused-ring (bicyclic) bond motifs is 1. The predicted molar refractivity (Wildman–Crippen MR) is 138 cm³/mol. The highest BCUT2D eigenvalue weighted by Crippen LogP contribution is 2.31. The second kappa shape index (κ2) is 12.1. The summed E-state index contributed by atoms with van der Waals surface area (Å²) in [5.41, 5.74) is 3.72. The standard InChI is InChI=1S/C21H24F3N9OS.C2HF3O2/c1-4-32-10-26-15-17(32)28-20(25-7-13-9-35-12(3)11(13)2)29-18(15)33-5-6-34-14(8-33)16-27-19(31-30-16)21(22,23)24;3-2(4,5)1(6)7/h9-10,14H,4-8H2,1-3H3,(H,25,28,29)(H,27,30,31);(H,6,7). The van der Waals surface area contributed by atoms with Crippen molar-refractivity contribution >= 4 is 40.2 Å². The second-order valence-corrected chi connectivity index (χ2v) is 10.1. The van der Waals surface area contributed by atoms with Crippen molar-refractivity contribution in [3.8, 4) is 0 Å². The van der Waals surface area contributed by atoms with Gasteiger partial charge in [0.15, 0.2) is 22.8 Å². The van der Waals surface area contributed by atoms with Gasteiger partial charge < -0.3 is 24.6 Å². The molecule has 0 aliphatic carbocycles. The van der Waals surface area contributed by atoms with Crippen molar-refractivity contribution in [3.05, 3.63) is 39.4 Å². The molecule has 1 saturated heterocycles. The fraction of sp³-hybridized carbons (Fsp3) is 0.478. The van der Waals surface area contributed by atoms with Crippen molar-refractivity contribution in [2.75, 3.05) is 29.9 Å². The molecule has 1 fully saturated rings. The van der Waals surface area contributed by atoms with E-state index in [0.717, 1.165) is 0 Å². The number of hydrogen-bond acceptors (Lipinski definition) is 10. The third-order valence-electron chi connectivity index (χ3n) is 6.28. The van der Waals surface area contributed by atoms with Crippen molar-refractivity contribution in [2.45, 2.75) is 52.3 Å². The van der Waals surface area contributed by atoms with E-state index < -0.39 is 30.3 Å². The van der Waals surface area contributed by atoms with Crippen LogP contribution in [0.3, 0.4) is 0 Å².